The SMILES string of the molecule is COCCNC(=O)CN1CCN(C(=O)Nc2ccc([S@](C)=O)c(F)c2)CC1. The van der Waals surface area contributed by atoms with E-state index in [1.54, 1.807) is 12.0 Å². The Kier molecular flexibility index (Phi) is 8.14. The lowest BCUT2D eigenvalue weighted by molar-refractivity contribution is -0.122. The van der Waals surface area contributed by atoms with E-state index in [1.807, 2.05) is 4.90 Å². The molecular weight excluding hydrogens is 375 g/mol. The number of carbonyl (C=O) groups is 2. The van der Waals surface area contributed by atoms with Gasteiger partial charge in [0.1, 0.15) is 5.82 Å². The summed E-state index contributed by atoms with van der Waals surface area (Å²) < 4.78 is 30.1. The average molecular weight is 400 g/mol. The zero-order valence-electron chi connectivity index (χ0n) is 15.5. The molecule has 0 aromatic heterocycles. The first-order valence-electron chi connectivity index (χ1n) is 8.57. The maximum atomic E-state index is 13.9. The number of nitrogens with one attached hydrogen (secondary N) is 2. The van der Waals surface area contributed by atoms with Gasteiger partial charge < -0.3 is 20.3 Å². The zero-order chi connectivity index (χ0) is 19.8. The van der Waals surface area contributed by atoms with Crippen molar-refractivity contribution >= 4 is 28.4 Å². The number of carbonyl (C=O) groups excluding carboxylic acids is 2. The first kappa shape index (κ1) is 21.3. The minimum atomic E-state index is -1.42. The summed E-state index contributed by atoms with van der Waals surface area (Å²) in [6, 6.07) is 3.76. The van der Waals surface area contributed by atoms with E-state index < -0.39 is 16.6 Å². The van der Waals surface area contributed by atoms with Crippen LogP contribution in [0.1, 0.15) is 0 Å². The lowest BCUT2D eigenvalue weighted by Crippen LogP contribution is -2.52. The molecule has 2 N–H and O–H groups in total. The van der Waals surface area contributed by atoms with Crippen molar-refractivity contribution in [3.05, 3.63) is 24.0 Å². The minimum Gasteiger partial charge on any atom is -0.383 e. The Labute approximate surface area is 160 Å². The molecule has 8 nitrogen and oxygen atoms in total. The Bertz CT molecular complexity index is 696. The second kappa shape index (κ2) is 10.3. The molecule has 1 aliphatic rings. The summed E-state index contributed by atoms with van der Waals surface area (Å²) in [4.78, 5) is 27.8. The average Bonchev–Trinajstić information content (AvgIpc) is 2.62. The summed E-state index contributed by atoms with van der Waals surface area (Å²) in [7, 11) is 0.152. The highest BCUT2D eigenvalue weighted by Crippen LogP contribution is 2.17. The van der Waals surface area contributed by atoms with Gasteiger partial charge in [-0.25, -0.2) is 9.18 Å². The van der Waals surface area contributed by atoms with Gasteiger partial charge in [-0.05, 0) is 18.2 Å². The molecule has 1 aromatic rings. The highest BCUT2D eigenvalue weighted by Gasteiger charge is 2.22. The molecule has 0 aliphatic carbocycles. The topological polar surface area (TPSA) is 91.0 Å². The summed E-state index contributed by atoms with van der Waals surface area (Å²) in [6.07, 6.45) is 1.40. The van der Waals surface area contributed by atoms with Crippen molar-refractivity contribution in [2.24, 2.45) is 0 Å². The Hall–Kier alpha value is -2.04. The monoisotopic (exact) mass is 400 g/mol. The molecule has 0 unspecified atom stereocenters. The van der Waals surface area contributed by atoms with Crippen LogP contribution in [0.25, 0.3) is 0 Å². The van der Waals surface area contributed by atoms with Crippen LogP contribution >= 0.6 is 0 Å². The smallest absolute Gasteiger partial charge is 0.321 e. The van der Waals surface area contributed by atoms with Crippen LogP contribution in [-0.4, -0.2) is 85.2 Å². The normalized spacial score (nSPS) is 16.0. The molecule has 0 spiro atoms. The van der Waals surface area contributed by atoms with Crippen LogP contribution in [0.5, 0.6) is 0 Å². The molecule has 3 amide bonds. The summed E-state index contributed by atoms with van der Waals surface area (Å²) in [6.45, 7) is 3.31. The highest BCUT2D eigenvalue weighted by atomic mass is 32.2. The van der Waals surface area contributed by atoms with E-state index in [9.17, 15) is 18.2 Å². The zero-order valence-corrected chi connectivity index (χ0v) is 16.3. The number of nitrogens with zero attached hydrogens (tertiary/aromatic N) is 2. The van der Waals surface area contributed by atoms with Gasteiger partial charge in [0.25, 0.3) is 0 Å². The number of benzene rings is 1. The van der Waals surface area contributed by atoms with E-state index in [4.69, 9.17) is 4.74 Å². The maximum Gasteiger partial charge on any atom is 0.321 e. The van der Waals surface area contributed by atoms with Crippen molar-refractivity contribution in [2.75, 3.05) is 64.6 Å². The number of hydrogen-bond acceptors (Lipinski definition) is 5. The molecule has 27 heavy (non-hydrogen) atoms. The number of hydrogen-bond donors (Lipinski definition) is 2. The van der Waals surface area contributed by atoms with Crippen LogP contribution in [0.4, 0.5) is 14.9 Å². The van der Waals surface area contributed by atoms with Crippen molar-refractivity contribution in [2.45, 2.75) is 4.90 Å². The number of urea groups is 1. The van der Waals surface area contributed by atoms with Crippen LogP contribution in [0.15, 0.2) is 23.1 Å². The molecule has 1 heterocycles. The molecule has 10 heteroatoms. The van der Waals surface area contributed by atoms with E-state index in [0.717, 1.165) is 6.07 Å². The fraction of sp³-hybridized carbons (Fsp3) is 0.529. The van der Waals surface area contributed by atoms with Crippen LogP contribution in [0, 0.1) is 5.82 Å². The van der Waals surface area contributed by atoms with Crippen LogP contribution in [0.2, 0.25) is 0 Å². The molecule has 0 radical (unpaired) electrons. The second-order valence-corrected chi connectivity index (χ2v) is 7.48. The predicted molar refractivity (Wildman–Crippen MR) is 101 cm³/mol. The van der Waals surface area contributed by atoms with E-state index >= 15 is 0 Å². The third kappa shape index (κ3) is 6.56. The van der Waals surface area contributed by atoms with E-state index in [2.05, 4.69) is 10.6 Å². The lowest BCUT2D eigenvalue weighted by Gasteiger charge is -2.34. The highest BCUT2D eigenvalue weighted by molar-refractivity contribution is 7.84. The summed E-state index contributed by atoms with van der Waals surface area (Å²) >= 11 is 0. The Balaban J connectivity index is 1.78. The van der Waals surface area contributed by atoms with E-state index in [0.29, 0.717) is 45.0 Å². The van der Waals surface area contributed by atoms with Crippen molar-refractivity contribution in [1.29, 1.82) is 0 Å². The maximum absolute atomic E-state index is 13.9. The third-order valence-electron chi connectivity index (χ3n) is 4.15. The number of ether oxygens (including phenoxy) is 1. The fourth-order valence-corrected chi connectivity index (χ4v) is 3.27. The van der Waals surface area contributed by atoms with Gasteiger partial charge in [-0.2, -0.15) is 0 Å². The van der Waals surface area contributed by atoms with Crippen molar-refractivity contribution in [3.8, 4) is 0 Å². The first-order valence-corrected chi connectivity index (χ1v) is 10.1. The molecule has 1 atom stereocenters. The predicted octanol–water partition coefficient (Wildman–Crippen LogP) is 0.475. The van der Waals surface area contributed by atoms with Gasteiger partial charge >= 0.3 is 6.03 Å². The molecule has 2 rings (SSSR count). The number of methoxy groups -OCH3 is 1. The molecule has 1 saturated heterocycles. The molecule has 1 fully saturated rings. The number of rotatable bonds is 7. The van der Waals surface area contributed by atoms with Gasteiger partial charge in [0.05, 0.1) is 28.8 Å². The number of piperazine rings is 1. The largest absolute Gasteiger partial charge is 0.383 e. The lowest BCUT2D eigenvalue weighted by atomic mass is 10.3. The van der Waals surface area contributed by atoms with Gasteiger partial charge in [0.2, 0.25) is 5.91 Å². The molecule has 1 aliphatic heterocycles. The molecule has 150 valence electrons. The molecule has 1 aromatic carbocycles. The van der Waals surface area contributed by atoms with Crippen LogP contribution in [-0.2, 0) is 20.3 Å². The standard InChI is InChI=1S/C17H25FN4O4S/c1-26-10-5-19-16(23)12-21-6-8-22(9-7-21)17(24)20-13-3-4-15(27(2)25)14(18)11-13/h3-4,11H,5-10,12H2,1-2H3,(H,19,23)(H,20,24)/t27-/m0/s1. The summed E-state index contributed by atoms with van der Waals surface area (Å²) in [5, 5.41) is 5.40. The van der Waals surface area contributed by atoms with Crippen molar-refractivity contribution < 1.29 is 22.9 Å². The number of amides is 3. The van der Waals surface area contributed by atoms with Gasteiger partial charge in [-0.1, -0.05) is 0 Å². The third-order valence-corrected chi connectivity index (χ3v) is 5.10. The van der Waals surface area contributed by atoms with Gasteiger partial charge in [-0.3, -0.25) is 13.9 Å². The van der Waals surface area contributed by atoms with Gasteiger partial charge in [0.15, 0.2) is 0 Å². The summed E-state index contributed by atoms with van der Waals surface area (Å²) in [5.41, 5.74) is 0.312. The van der Waals surface area contributed by atoms with Crippen molar-refractivity contribution in [1.82, 2.24) is 15.1 Å². The Morgan fingerprint density at radius 1 is 1.26 bits per heavy atom. The van der Waals surface area contributed by atoms with Crippen molar-refractivity contribution in [3.63, 3.8) is 0 Å². The first-order chi connectivity index (χ1) is 12.9. The van der Waals surface area contributed by atoms with Gasteiger partial charge in [0, 0.05) is 51.8 Å². The molecular formula is C17H25FN4O4S. The molecule has 0 bridgehead atoms. The Morgan fingerprint density at radius 2 is 1.96 bits per heavy atom. The van der Waals surface area contributed by atoms with Gasteiger partial charge in [-0.15, -0.1) is 0 Å². The van der Waals surface area contributed by atoms with Crippen LogP contribution < -0.4 is 10.6 Å². The van der Waals surface area contributed by atoms with E-state index in [-0.39, 0.29) is 23.4 Å². The molecule has 0 saturated carbocycles. The van der Waals surface area contributed by atoms with Crippen LogP contribution in [0.3, 0.4) is 0 Å². The minimum absolute atomic E-state index is 0.0752. The number of anilines is 1. The van der Waals surface area contributed by atoms with E-state index in [1.165, 1.54) is 18.4 Å². The fourth-order valence-electron chi connectivity index (χ4n) is 2.67. The second-order valence-electron chi connectivity index (χ2n) is 6.14. The Morgan fingerprint density at radius 3 is 2.56 bits per heavy atom. The summed E-state index contributed by atoms with van der Waals surface area (Å²) in [5.74, 6) is -0.688. The quantitative estimate of drug-likeness (QED) is 0.650. The number of halogens is 1.